The van der Waals surface area contributed by atoms with Crippen LogP contribution >= 0.6 is 11.3 Å². The van der Waals surface area contributed by atoms with Crippen molar-refractivity contribution in [3.8, 4) is 0 Å². The van der Waals surface area contributed by atoms with Crippen LogP contribution in [0, 0.1) is 0 Å². The number of aliphatic hydroxyl groups excluding tert-OH is 2. The minimum atomic E-state index is -0.00443. The molecule has 2 aromatic heterocycles. The summed E-state index contributed by atoms with van der Waals surface area (Å²) in [4.78, 5) is 10.9. The van der Waals surface area contributed by atoms with Crippen molar-refractivity contribution in [3.05, 3.63) is 11.4 Å². The average Bonchev–Trinajstić information content (AvgIpc) is 2.75. The second-order valence-corrected chi connectivity index (χ2v) is 4.37. The van der Waals surface area contributed by atoms with E-state index >= 15 is 0 Å². The Morgan fingerprint density at radius 3 is 2.59 bits per heavy atom. The first-order chi connectivity index (χ1) is 8.26. The Labute approximate surface area is 102 Å². The number of anilines is 2. The number of nitrogen functional groups attached to an aromatic ring is 1. The normalized spacial score (nSPS) is 10.9. The number of aromatic nitrogens is 2. The quantitative estimate of drug-likeness (QED) is 0.698. The number of hydrogen-bond acceptors (Lipinski definition) is 7. The molecule has 7 heteroatoms. The molecule has 0 bridgehead atoms. The van der Waals surface area contributed by atoms with E-state index in [9.17, 15) is 0 Å². The van der Waals surface area contributed by atoms with Gasteiger partial charge in [0.1, 0.15) is 10.6 Å². The van der Waals surface area contributed by atoms with Gasteiger partial charge in [-0.1, -0.05) is 0 Å². The number of fused-ring (bicyclic) bond motifs is 1. The second kappa shape index (κ2) is 5.26. The standard InChI is InChI=1S/C10H14N4O2S/c11-10-12-8(14(2-4-15)3-5-16)7-1-6-17-9(7)13-10/h1,6,15-16H,2-5H2,(H2,11,12,13). The van der Waals surface area contributed by atoms with Crippen LogP contribution in [0.2, 0.25) is 0 Å². The lowest BCUT2D eigenvalue weighted by molar-refractivity contribution is 0.281. The van der Waals surface area contributed by atoms with Crippen molar-refractivity contribution in [2.45, 2.75) is 0 Å². The maximum absolute atomic E-state index is 9.02. The van der Waals surface area contributed by atoms with Gasteiger partial charge in [-0.15, -0.1) is 11.3 Å². The zero-order valence-corrected chi connectivity index (χ0v) is 10.0. The van der Waals surface area contributed by atoms with Crippen molar-refractivity contribution in [2.24, 2.45) is 0 Å². The van der Waals surface area contributed by atoms with Gasteiger partial charge >= 0.3 is 0 Å². The highest BCUT2D eigenvalue weighted by Gasteiger charge is 2.13. The van der Waals surface area contributed by atoms with Gasteiger partial charge in [0, 0.05) is 13.1 Å². The Kier molecular flexibility index (Phi) is 3.72. The first-order valence-electron chi connectivity index (χ1n) is 5.23. The van der Waals surface area contributed by atoms with Gasteiger partial charge in [-0.25, -0.2) is 4.98 Å². The van der Waals surface area contributed by atoms with Crippen LogP contribution in [0.15, 0.2) is 11.4 Å². The van der Waals surface area contributed by atoms with E-state index in [2.05, 4.69) is 9.97 Å². The van der Waals surface area contributed by atoms with E-state index in [0.29, 0.717) is 18.9 Å². The third kappa shape index (κ3) is 2.46. The van der Waals surface area contributed by atoms with Crippen LogP contribution in [-0.4, -0.2) is 46.5 Å². The summed E-state index contributed by atoms with van der Waals surface area (Å²) in [6, 6.07) is 1.91. The van der Waals surface area contributed by atoms with Gasteiger partial charge in [0.25, 0.3) is 0 Å². The summed E-state index contributed by atoms with van der Waals surface area (Å²) in [7, 11) is 0. The molecule has 2 rings (SSSR count). The Morgan fingerprint density at radius 1 is 1.24 bits per heavy atom. The number of aliphatic hydroxyl groups is 2. The summed E-state index contributed by atoms with van der Waals surface area (Å²) in [6.45, 7) is 0.801. The van der Waals surface area contributed by atoms with Crippen molar-refractivity contribution >= 4 is 33.3 Å². The number of thiophene rings is 1. The zero-order valence-electron chi connectivity index (χ0n) is 9.20. The molecular weight excluding hydrogens is 240 g/mol. The lowest BCUT2D eigenvalue weighted by Gasteiger charge is -2.22. The summed E-state index contributed by atoms with van der Waals surface area (Å²) < 4.78 is 0. The molecule has 0 spiro atoms. The summed E-state index contributed by atoms with van der Waals surface area (Å²) >= 11 is 1.49. The molecule has 0 amide bonds. The Balaban J connectivity index is 2.46. The van der Waals surface area contributed by atoms with E-state index in [-0.39, 0.29) is 19.2 Å². The molecule has 0 saturated heterocycles. The summed E-state index contributed by atoms with van der Waals surface area (Å²) in [5, 5.41) is 20.9. The van der Waals surface area contributed by atoms with Crippen molar-refractivity contribution in [2.75, 3.05) is 36.9 Å². The number of rotatable bonds is 5. The third-order valence-corrected chi connectivity index (χ3v) is 3.17. The van der Waals surface area contributed by atoms with Gasteiger partial charge in [0.05, 0.1) is 18.6 Å². The van der Waals surface area contributed by atoms with Crippen LogP contribution in [0.1, 0.15) is 0 Å². The number of nitrogens with zero attached hydrogens (tertiary/aromatic N) is 3. The van der Waals surface area contributed by atoms with Crippen LogP contribution < -0.4 is 10.6 Å². The van der Waals surface area contributed by atoms with Gasteiger partial charge in [0.2, 0.25) is 5.95 Å². The lowest BCUT2D eigenvalue weighted by atomic mass is 10.3. The molecule has 92 valence electrons. The van der Waals surface area contributed by atoms with Gasteiger partial charge in [-0.05, 0) is 11.4 Å². The van der Waals surface area contributed by atoms with Crippen LogP contribution in [0.4, 0.5) is 11.8 Å². The van der Waals surface area contributed by atoms with Crippen LogP contribution in [0.25, 0.3) is 10.2 Å². The van der Waals surface area contributed by atoms with Gasteiger partial charge in [-0.2, -0.15) is 4.98 Å². The highest BCUT2D eigenvalue weighted by atomic mass is 32.1. The maximum Gasteiger partial charge on any atom is 0.223 e. The Hall–Kier alpha value is -1.44. The predicted molar refractivity (Wildman–Crippen MR) is 68.2 cm³/mol. The van der Waals surface area contributed by atoms with Gasteiger partial charge in [-0.3, -0.25) is 0 Å². The molecule has 0 aromatic carbocycles. The second-order valence-electron chi connectivity index (χ2n) is 3.48. The fraction of sp³-hybridized carbons (Fsp3) is 0.400. The van der Waals surface area contributed by atoms with Crippen molar-refractivity contribution in [3.63, 3.8) is 0 Å². The molecule has 0 fully saturated rings. The largest absolute Gasteiger partial charge is 0.395 e. The zero-order chi connectivity index (χ0) is 12.3. The maximum atomic E-state index is 9.02. The molecule has 0 atom stereocenters. The molecule has 2 heterocycles. The Morgan fingerprint density at radius 2 is 1.94 bits per heavy atom. The lowest BCUT2D eigenvalue weighted by Crippen LogP contribution is -2.30. The number of nitrogens with two attached hydrogens (primary N) is 1. The van der Waals surface area contributed by atoms with Crippen LogP contribution in [0.5, 0.6) is 0 Å². The van der Waals surface area contributed by atoms with E-state index < -0.39 is 0 Å². The van der Waals surface area contributed by atoms with E-state index in [0.717, 1.165) is 10.2 Å². The molecule has 6 nitrogen and oxygen atoms in total. The van der Waals surface area contributed by atoms with E-state index in [1.165, 1.54) is 11.3 Å². The SMILES string of the molecule is Nc1nc(N(CCO)CCO)c2ccsc2n1. The molecule has 0 radical (unpaired) electrons. The van der Waals surface area contributed by atoms with Crippen LogP contribution in [0.3, 0.4) is 0 Å². The topological polar surface area (TPSA) is 95.5 Å². The van der Waals surface area contributed by atoms with Crippen molar-refractivity contribution < 1.29 is 10.2 Å². The molecule has 0 aliphatic heterocycles. The molecule has 17 heavy (non-hydrogen) atoms. The minimum Gasteiger partial charge on any atom is -0.395 e. The summed E-state index contributed by atoms with van der Waals surface area (Å²) in [6.07, 6.45) is 0. The predicted octanol–water partition coefficient (Wildman–Crippen LogP) is 0.0645. The number of hydrogen-bond donors (Lipinski definition) is 3. The van der Waals surface area contributed by atoms with Crippen LogP contribution in [-0.2, 0) is 0 Å². The molecular formula is C10H14N4O2S. The third-order valence-electron chi connectivity index (χ3n) is 2.36. The van der Waals surface area contributed by atoms with E-state index in [4.69, 9.17) is 15.9 Å². The smallest absolute Gasteiger partial charge is 0.223 e. The van der Waals surface area contributed by atoms with E-state index in [1.54, 1.807) is 4.90 Å². The highest BCUT2D eigenvalue weighted by Crippen LogP contribution is 2.28. The summed E-state index contributed by atoms with van der Waals surface area (Å²) in [5.74, 6) is 0.868. The fourth-order valence-electron chi connectivity index (χ4n) is 1.66. The van der Waals surface area contributed by atoms with Crippen molar-refractivity contribution in [1.29, 1.82) is 0 Å². The molecule has 0 aliphatic carbocycles. The molecule has 0 saturated carbocycles. The van der Waals surface area contributed by atoms with E-state index in [1.807, 2.05) is 11.4 Å². The first-order valence-corrected chi connectivity index (χ1v) is 6.11. The minimum absolute atomic E-state index is 0.00443. The van der Waals surface area contributed by atoms with Gasteiger partial charge in [0.15, 0.2) is 0 Å². The van der Waals surface area contributed by atoms with Gasteiger partial charge < -0.3 is 20.8 Å². The molecule has 0 unspecified atom stereocenters. The molecule has 4 N–H and O–H groups in total. The first kappa shape index (κ1) is 12.0. The Bertz CT molecular complexity index is 496. The fourth-order valence-corrected chi connectivity index (χ4v) is 2.43. The monoisotopic (exact) mass is 254 g/mol. The molecule has 2 aromatic rings. The average molecular weight is 254 g/mol. The molecule has 0 aliphatic rings. The van der Waals surface area contributed by atoms with Crippen molar-refractivity contribution in [1.82, 2.24) is 9.97 Å². The highest BCUT2D eigenvalue weighted by molar-refractivity contribution is 7.16. The summed E-state index contributed by atoms with van der Waals surface area (Å²) in [5.41, 5.74) is 5.65.